The number of aryl methyl sites for hydroxylation is 2. The van der Waals surface area contributed by atoms with E-state index in [1.165, 1.54) is 11.1 Å². The summed E-state index contributed by atoms with van der Waals surface area (Å²) in [5.41, 5.74) is 8.57. The smallest absolute Gasteiger partial charge is 0.119 e. The third kappa shape index (κ3) is 4.50. The highest BCUT2D eigenvalue weighted by Gasteiger charge is 2.22. The largest absolute Gasteiger partial charge is 0.494 e. The molecular formula is C17H28N2O. The van der Waals surface area contributed by atoms with Gasteiger partial charge in [-0.2, -0.15) is 0 Å². The monoisotopic (exact) mass is 276 g/mol. The Bertz CT molecular complexity index is 413. The Morgan fingerprint density at radius 3 is 2.60 bits per heavy atom. The maximum atomic E-state index is 6.05. The lowest BCUT2D eigenvalue weighted by Gasteiger charge is -2.35. The number of nitrogens with two attached hydrogens (primary N) is 1. The molecule has 0 aliphatic carbocycles. The molecule has 3 nitrogen and oxygen atoms in total. The van der Waals surface area contributed by atoms with Crippen molar-refractivity contribution in [2.75, 3.05) is 26.2 Å². The Morgan fingerprint density at radius 2 is 1.95 bits per heavy atom. The van der Waals surface area contributed by atoms with E-state index in [2.05, 4.69) is 43.9 Å². The van der Waals surface area contributed by atoms with Crippen LogP contribution < -0.4 is 10.5 Å². The Hall–Kier alpha value is -1.06. The molecule has 1 aromatic rings. The van der Waals surface area contributed by atoms with E-state index in [0.29, 0.717) is 12.0 Å². The standard InChI is InChI=1S/C17H28N2O/c1-13-9-14(2)11-16(10-13)20-8-4-6-19-7-5-17(18)15(3)12-19/h9-11,15,17H,4-8,12,18H2,1-3H3. The second kappa shape index (κ2) is 7.09. The molecule has 0 radical (unpaired) electrons. The van der Waals surface area contributed by atoms with Crippen molar-refractivity contribution >= 4 is 0 Å². The Morgan fingerprint density at radius 1 is 1.25 bits per heavy atom. The molecule has 2 N–H and O–H groups in total. The van der Waals surface area contributed by atoms with Crippen molar-refractivity contribution in [3.05, 3.63) is 29.3 Å². The molecule has 3 heteroatoms. The lowest BCUT2D eigenvalue weighted by Crippen LogP contribution is -2.46. The molecule has 1 fully saturated rings. The number of piperidine rings is 1. The first-order valence-corrected chi connectivity index (χ1v) is 7.73. The average Bonchev–Trinajstić information content (AvgIpc) is 2.38. The van der Waals surface area contributed by atoms with E-state index in [9.17, 15) is 0 Å². The second-order valence-electron chi connectivity index (χ2n) is 6.26. The van der Waals surface area contributed by atoms with Gasteiger partial charge in [0.15, 0.2) is 0 Å². The van der Waals surface area contributed by atoms with Crippen LogP contribution >= 0.6 is 0 Å². The molecule has 0 aromatic heterocycles. The lowest BCUT2D eigenvalue weighted by atomic mass is 9.95. The Balaban J connectivity index is 1.69. The first kappa shape index (κ1) is 15.3. The second-order valence-corrected chi connectivity index (χ2v) is 6.26. The molecule has 0 saturated carbocycles. The summed E-state index contributed by atoms with van der Waals surface area (Å²) in [6.45, 7) is 10.6. The molecule has 1 saturated heterocycles. The summed E-state index contributed by atoms with van der Waals surface area (Å²) in [7, 11) is 0. The van der Waals surface area contributed by atoms with E-state index >= 15 is 0 Å². The molecule has 112 valence electrons. The van der Waals surface area contributed by atoms with Crippen LogP contribution in [0.15, 0.2) is 18.2 Å². The van der Waals surface area contributed by atoms with Crippen LogP contribution in [0.2, 0.25) is 0 Å². The summed E-state index contributed by atoms with van der Waals surface area (Å²) in [6, 6.07) is 6.77. The van der Waals surface area contributed by atoms with Crippen LogP contribution in [-0.2, 0) is 0 Å². The van der Waals surface area contributed by atoms with E-state index < -0.39 is 0 Å². The number of ether oxygens (including phenoxy) is 1. The molecule has 0 spiro atoms. The molecule has 0 bridgehead atoms. The van der Waals surface area contributed by atoms with E-state index in [1.807, 2.05) is 0 Å². The van der Waals surface area contributed by atoms with Gasteiger partial charge in [-0.25, -0.2) is 0 Å². The van der Waals surface area contributed by atoms with Gasteiger partial charge < -0.3 is 15.4 Å². The highest BCUT2D eigenvalue weighted by Crippen LogP contribution is 2.17. The zero-order valence-corrected chi connectivity index (χ0v) is 13.1. The van der Waals surface area contributed by atoms with Gasteiger partial charge in [-0.1, -0.05) is 13.0 Å². The van der Waals surface area contributed by atoms with Crippen molar-refractivity contribution in [2.24, 2.45) is 11.7 Å². The summed E-state index contributed by atoms with van der Waals surface area (Å²) in [4.78, 5) is 2.51. The van der Waals surface area contributed by atoms with E-state index in [1.54, 1.807) is 0 Å². The minimum absolute atomic E-state index is 0.387. The molecule has 2 rings (SSSR count). The maximum Gasteiger partial charge on any atom is 0.119 e. The van der Waals surface area contributed by atoms with Crippen LogP contribution in [0.25, 0.3) is 0 Å². The molecule has 0 amide bonds. The van der Waals surface area contributed by atoms with Gasteiger partial charge >= 0.3 is 0 Å². The number of hydrogen-bond donors (Lipinski definition) is 1. The van der Waals surface area contributed by atoms with Crippen molar-refractivity contribution in [1.82, 2.24) is 4.90 Å². The molecule has 2 unspecified atom stereocenters. The number of benzene rings is 1. The highest BCUT2D eigenvalue weighted by atomic mass is 16.5. The minimum atomic E-state index is 0.387. The predicted molar refractivity (Wildman–Crippen MR) is 84.2 cm³/mol. The molecule has 1 heterocycles. The fourth-order valence-electron chi connectivity index (χ4n) is 2.95. The van der Waals surface area contributed by atoms with Crippen LogP contribution in [0.5, 0.6) is 5.75 Å². The maximum absolute atomic E-state index is 6.05. The topological polar surface area (TPSA) is 38.5 Å². The fraction of sp³-hybridized carbons (Fsp3) is 0.647. The number of hydrogen-bond acceptors (Lipinski definition) is 3. The third-order valence-corrected chi connectivity index (χ3v) is 4.14. The summed E-state index contributed by atoms with van der Waals surface area (Å²) in [5, 5.41) is 0. The van der Waals surface area contributed by atoms with Gasteiger partial charge in [0, 0.05) is 19.1 Å². The van der Waals surface area contributed by atoms with Crippen molar-refractivity contribution in [3.8, 4) is 5.75 Å². The number of rotatable bonds is 5. The first-order chi connectivity index (χ1) is 9.54. The molecule has 20 heavy (non-hydrogen) atoms. The predicted octanol–water partition coefficient (Wildman–Crippen LogP) is 2.74. The molecular weight excluding hydrogens is 248 g/mol. The van der Waals surface area contributed by atoms with Crippen LogP contribution in [-0.4, -0.2) is 37.2 Å². The van der Waals surface area contributed by atoms with E-state index in [-0.39, 0.29) is 0 Å². The van der Waals surface area contributed by atoms with Gasteiger partial charge in [0.2, 0.25) is 0 Å². The summed E-state index contributed by atoms with van der Waals surface area (Å²) in [6.07, 6.45) is 2.20. The van der Waals surface area contributed by atoms with Crippen molar-refractivity contribution < 1.29 is 4.74 Å². The van der Waals surface area contributed by atoms with E-state index in [0.717, 1.165) is 44.8 Å². The van der Waals surface area contributed by atoms with Gasteiger partial charge in [0.25, 0.3) is 0 Å². The van der Waals surface area contributed by atoms with Crippen LogP contribution in [0.3, 0.4) is 0 Å². The molecule has 2 atom stereocenters. The Labute approximate surface area is 123 Å². The number of nitrogens with zero attached hydrogens (tertiary/aromatic N) is 1. The SMILES string of the molecule is Cc1cc(C)cc(OCCCN2CCC(N)C(C)C2)c1. The zero-order chi connectivity index (χ0) is 14.5. The summed E-state index contributed by atoms with van der Waals surface area (Å²) >= 11 is 0. The van der Waals surface area contributed by atoms with Gasteiger partial charge in [-0.15, -0.1) is 0 Å². The normalized spacial score (nSPS) is 23.8. The van der Waals surface area contributed by atoms with Gasteiger partial charge in [0.1, 0.15) is 5.75 Å². The first-order valence-electron chi connectivity index (χ1n) is 7.73. The lowest BCUT2D eigenvalue weighted by molar-refractivity contribution is 0.154. The minimum Gasteiger partial charge on any atom is -0.494 e. The van der Waals surface area contributed by atoms with E-state index in [4.69, 9.17) is 10.5 Å². The third-order valence-electron chi connectivity index (χ3n) is 4.14. The van der Waals surface area contributed by atoms with Crippen molar-refractivity contribution in [2.45, 2.75) is 39.7 Å². The van der Waals surface area contributed by atoms with Gasteiger partial charge in [-0.05, 0) is 62.4 Å². The quantitative estimate of drug-likeness (QED) is 0.840. The highest BCUT2D eigenvalue weighted by molar-refractivity contribution is 5.32. The van der Waals surface area contributed by atoms with Crippen LogP contribution in [0.1, 0.15) is 30.9 Å². The van der Waals surface area contributed by atoms with Crippen molar-refractivity contribution in [3.63, 3.8) is 0 Å². The Kier molecular flexibility index (Phi) is 5.44. The average molecular weight is 276 g/mol. The van der Waals surface area contributed by atoms with Gasteiger partial charge in [0.05, 0.1) is 6.61 Å². The summed E-state index contributed by atoms with van der Waals surface area (Å²) in [5.74, 6) is 1.61. The molecule has 1 aromatic carbocycles. The zero-order valence-electron chi connectivity index (χ0n) is 13.1. The van der Waals surface area contributed by atoms with Gasteiger partial charge in [-0.3, -0.25) is 0 Å². The van der Waals surface area contributed by atoms with Crippen LogP contribution in [0, 0.1) is 19.8 Å². The molecule has 1 aliphatic heterocycles. The molecule has 1 aliphatic rings. The van der Waals surface area contributed by atoms with Crippen LogP contribution in [0.4, 0.5) is 0 Å². The number of likely N-dealkylation sites (tertiary alicyclic amines) is 1. The fourth-order valence-corrected chi connectivity index (χ4v) is 2.95. The summed E-state index contributed by atoms with van der Waals surface area (Å²) < 4.78 is 5.86. The van der Waals surface area contributed by atoms with Crippen molar-refractivity contribution in [1.29, 1.82) is 0 Å².